The van der Waals surface area contributed by atoms with Gasteiger partial charge in [0, 0.05) is 5.56 Å². The smallest absolute Gasteiger partial charge is 0.290 e. The van der Waals surface area contributed by atoms with Gasteiger partial charge in [-0.1, -0.05) is 0 Å². The molecule has 15 heavy (non-hydrogen) atoms. The van der Waals surface area contributed by atoms with Gasteiger partial charge in [-0.3, -0.25) is 4.79 Å². The van der Waals surface area contributed by atoms with Gasteiger partial charge in [-0.05, 0) is 19.9 Å². The number of halogens is 1. The number of carboxylic acid groups (broad SMARTS) is 1. The van der Waals surface area contributed by atoms with Gasteiger partial charge in [-0.25, -0.2) is 0 Å². The van der Waals surface area contributed by atoms with Crippen LogP contribution in [-0.4, -0.2) is 22.8 Å². The molecule has 0 aliphatic heterocycles. The summed E-state index contributed by atoms with van der Waals surface area (Å²) in [6.07, 6.45) is 5.29. The molecular weight excluding hydrogens is 218 g/mol. The second kappa shape index (κ2) is 9.48. The zero-order chi connectivity index (χ0) is 11.0. The topological polar surface area (TPSA) is 72.1 Å². The number of hydrogen-bond acceptors (Lipinski definition) is 2. The molecule has 0 amide bonds. The summed E-state index contributed by atoms with van der Waals surface area (Å²) in [7, 11) is 2.05. The number of nitrogens with zero attached hydrogens (tertiary/aromatic N) is 2. The average molecular weight is 237 g/mol. The zero-order valence-corrected chi connectivity index (χ0v) is 9.91. The molecule has 1 aromatic rings. The van der Waals surface area contributed by atoms with Crippen LogP contribution in [-0.2, 0) is 18.4 Å². The highest BCUT2D eigenvalue weighted by molar-refractivity contribution is 5.85. The van der Waals surface area contributed by atoms with E-state index >= 15 is 0 Å². The Hall–Kier alpha value is -1.07. The van der Waals surface area contributed by atoms with E-state index in [2.05, 4.69) is 28.7 Å². The number of carbonyl (C=O) groups is 1. The quantitative estimate of drug-likeness (QED) is 0.577. The van der Waals surface area contributed by atoms with Crippen LogP contribution in [0.3, 0.4) is 0 Å². The first-order valence-corrected chi connectivity index (χ1v) is 4.46. The van der Waals surface area contributed by atoms with Crippen LogP contribution in [0, 0.1) is 6.92 Å². The van der Waals surface area contributed by atoms with Crippen molar-refractivity contribution in [1.82, 2.24) is 4.68 Å². The summed E-state index contributed by atoms with van der Waals surface area (Å²) >= 11 is 0. The van der Waals surface area contributed by atoms with E-state index < -0.39 is 0 Å². The normalized spacial score (nSPS) is 8.47. The second-order valence-electron chi connectivity index (χ2n) is 2.99. The van der Waals surface area contributed by atoms with Crippen molar-refractivity contribution in [2.75, 3.05) is 6.54 Å². The van der Waals surface area contributed by atoms with Crippen molar-refractivity contribution in [3.63, 3.8) is 0 Å². The third kappa shape index (κ3) is 6.93. The molecule has 1 aromatic heterocycles. The van der Waals surface area contributed by atoms with Crippen LogP contribution in [0.5, 0.6) is 0 Å². The van der Waals surface area contributed by atoms with E-state index in [1.165, 1.54) is 5.56 Å². The maximum Gasteiger partial charge on any atom is 0.290 e. The van der Waals surface area contributed by atoms with E-state index in [1.54, 1.807) is 0 Å². The summed E-state index contributed by atoms with van der Waals surface area (Å²) in [5.41, 5.74) is 6.71. The van der Waals surface area contributed by atoms with E-state index in [9.17, 15) is 0 Å². The van der Waals surface area contributed by atoms with Crippen LogP contribution >= 0.6 is 12.4 Å². The van der Waals surface area contributed by atoms with Crippen LogP contribution in [0.25, 0.3) is 0 Å². The van der Waals surface area contributed by atoms with Crippen molar-refractivity contribution in [2.45, 2.75) is 19.9 Å². The molecule has 0 aliphatic rings. The fourth-order valence-electron chi connectivity index (χ4n) is 1.20. The van der Waals surface area contributed by atoms with Crippen LogP contribution < -0.4 is 10.4 Å². The molecule has 0 aromatic carbocycles. The lowest BCUT2D eigenvalue weighted by molar-refractivity contribution is -0.753. The predicted octanol–water partition coefficient (Wildman–Crippen LogP) is 0.0924. The first kappa shape index (κ1) is 16.4. The highest BCUT2D eigenvalue weighted by atomic mass is 35.5. The lowest BCUT2D eigenvalue weighted by Gasteiger charge is -1.96. The van der Waals surface area contributed by atoms with E-state index in [0.717, 1.165) is 19.5 Å². The molecule has 1 rings (SSSR count). The number of hydrogen-bond donors (Lipinski definition) is 2. The molecule has 0 unspecified atom stereocenters. The van der Waals surface area contributed by atoms with Gasteiger partial charge < -0.3 is 10.8 Å². The number of nitrogens with two attached hydrogens (primary N) is 1. The molecule has 88 valence electrons. The van der Waals surface area contributed by atoms with Gasteiger partial charge in [0.05, 0.1) is 12.7 Å². The van der Waals surface area contributed by atoms with Gasteiger partial charge in [-0.15, -0.1) is 17.1 Å². The Balaban J connectivity index is 0. The molecule has 0 fully saturated rings. The molecule has 5 nitrogen and oxygen atoms in total. The number of aryl methyl sites for hydroxylation is 3. The van der Waals surface area contributed by atoms with Gasteiger partial charge >= 0.3 is 0 Å². The Morgan fingerprint density at radius 1 is 1.67 bits per heavy atom. The molecule has 0 spiro atoms. The zero-order valence-electron chi connectivity index (χ0n) is 9.09. The molecule has 0 radical (unpaired) electrons. The van der Waals surface area contributed by atoms with E-state index in [4.69, 9.17) is 15.6 Å². The molecule has 0 saturated heterocycles. The summed E-state index contributed by atoms with van der Waals surface area (Å²) in [6.45, 7) is 3.62. The van der Waals surface area contributed by atoms with Gasteiger partial charge in [0.15, 0.2) is 13.2 Å². The molecule has 6 heteroatoms. The highest BCUT2D eigenvalue weighted by Crippen LogP contribution is 1.92. The van der Waals surface area contributed by atoms with Gasteiger partial charge in [-0.2, -0.15) is 4.68 Å². The van der Waals surface area contributed by atoms with Crippen molar-refractivity contribution in [1.29, 1.82) is 0 Å². The fourth-order valence-corrected chi connectivity index (χ4v) is 1.20. The van der Waals surface area contributed by atoms with E-state index in [-0.39, 0.29) is 18.9 Å². The second-order valence-corrected chi connectivity index (χ2v) is 2.99. The Morgan fingerprint density at radius 3 is 2.53 bits per heavy atom. The van der Waals surface area contributed by atoms with Crippen LogP contribution in [0.4, 0.5) is 0 Å². The van der Waals surface area contributed by atoms with Crippen molar-refractivity contribution in [3.8, 4) is 0 Å². The minimum Gasteiger partial charge on any atom is -0.483 e. The molecule has 1 heterocycles. The minimum absolute atomic E-state index is 0. The van der Waals surface area contributed by atoms with Crippen molar-refractivity contribution < 1.29 is 14.6 Å². The standard InChI is InChI=1S/C8H16N3.CH2O2.ClH/c1-8-6-10(2)11(7-8)5-3-4-9;2-1-3;/h6-7H,3-5,9H2,1-2H3;1H,(H,2,3);1H/q+1;;. The maximum absolute atomic E-state index is 8.36. The Kier molecular flexibility index (Phi) is 10.3. The van der Waals surface area contributed by atoms with E-state index in [0.29, 0.717) is 0 Å². The summed E-state index contributed by atoms with van der Waals surface area (Å²) in [5.74, 6) is 0. The summed E-state index contributed by atoms with van der Waals surface area (Å²) in [5, 5.41) is 6.89. The van der Waals surface area contributed by atoms with Gasteiger partial charge in [0.25, 0.3) is 6.47 Å². The lowest BCUT2D eigenvalue weighted by atomic mass is 10.4. The summed E-state index contributed by atoms with van der Waals surface area (Å²) in [4.78, 5) is 8.36. The summed E-state index contributed by atoms with van der Waals surface area (Å²) in [6, 6.07) is 0. The third-order valence-electron chi connectivity index (χ3n) is 1.74. The number of aromatic nitrogens is 2. The first-order valence-electron chi connectivity index (χ1n) is 4.46. The Morgan fingerprint density at radius 2 is 2.20 bits per heavy atom. The predicted molar refractivity (Wildman–Crippen MR) is 60.0 cm³/mol. The molecule has 0 atom stereocenters. The van der Waals surface area contributed by atoms with Gasteiger partial charge in [0.1, 0.15) is 0 Å². The molecular formula is C9H19ClN3O2+. The molecule has 3 N–H and O–H groups in total. The SMILES string of the molecule is Cc1cn(CCCN)[n+](C)c1.Cl.O=CO. The minimum atomic E-state index is -0.250. The van der Waals surface area contributed by atoms with E-state index in [1.807, 2.05) is 7.05 Å². The maximum atomic E-state index is 8.36. The van der Waals surface area contributed by atoms with Crippen LogP contribution in [0.2, 0.25) is 0 Å². The summed E-state index contributed by atoms with van der Waals surface area (Å²) < 4.78 is 4.26. The molecule has 0 aliphatic carbocycles. The lowest BCUT2D eigenvalue weighted by Crippen LogP contribution is -2.38. The monoisotopic (exact) mass is 236 g/mol. The van der Waals surface area contributed by atoms with Crippen LogP contribution in [0.1, 0.15) is 12.0 Å². The Labute approximate surface area is 95.9 Å². The van der Waals surface area contributed by atoms with Crippen molar-refractivity contribution >= 4 is 18.9 Å². The van der Waals surface area contributed by atoms with Crippen molar-refractivity contribution in [2.24, 2.45) is 12.8 Å². The number of rotatable bonds is 3. The Bertz CT molecular complexity index is 276. The molecule has 0 saturated carbocycles. The average Bonchev–Trinajstić information content (AvgIpc) is 2.43. The third-order valence-corrected chi connectivity index (χ3v) is 1.74. The van der Waals surface area contributed by atoms with Gasteiger partial charge in [0.2, 0.25) is 0 Å². The van der Waals surface area contributed by atoms with Crippen LogP contribution in [0.15, 0.2) is 12.4 Å². The first-order chi connectivity index (χ1) is 6.65. The fraction of sp³-hybridized carbons (Fsp3) is 0.556. The highest BCUT2D eigenvalue weighted by Gasteiger charge is 2.03. The molecule has 0 bridgehead atoms. The van der Waals surface area contributed by atoms with Crippen molar-refractivity contribution in [3.05, 3.63) is 18.0 Å². The largest absolute Gasteiger partial charge is 0.483 e.